The van der Waals surface area contributed by atoms with E-state index in [0.29, 0.717) is 0 Å². The van der Waals surface area contributed by atoms with Gasteiger partial charge in [0.2, 0.25) is 0 Å². The Morgan fingerprint density at radius 2 is 2.06 bits per heavy atom. The van der Waals surface area contributed by atoms with Crippen molar-refractivity contribution < 1.29 is 17.9 Å². The maximum absolute atomic E-state index is 13.2. The lowest BCUT2D eigenvalue weighted by molar-refractivity contribution is 0.469. The molecule has 0 atom stereocenters. The minimum Gasteiger partial charge on any atom is -0.508 e. The second-order valence-electron chi connectivity index (χ2n) is 3.66. The van der Waals surface area contributed by atoms with Gasteiger partial charge in [-0.15, -0.1) is 0 Å². The summed E-state index contributed by atoms with van der Waals surface area (Å²) in [6.07, 6.45) is 1.61. The lowest BCUT2D eigenvalue weighted by Crippen LogP contribution is -2.32. The van der Waals surface area contributed by atoms with E-state index in [1.165, 1.54) is 6.07 Å². The lowest BCUT2D eigenvalue weighted by atomic mass is 10.3. The first-order valence-electron chi connectivity index (χ1n) is 4.75. The summed E-state index contributed by atoms with van der Waals surface area (Å²) in [7, 11) is -3.73. The monoisotopic (exact) mass is 246 g/mol. The molecule has 3 N–H and O–H groups in total. The fourth-order valence-corrected chi connectivity index (χ4v) is 2.37. The Bertz CT molecular complexity index is 499. The van der Waals surface area contributed by atoms with Gasteiger partial charge in [-0.3, -0.25) is 4.72 Å². The van der Waals surface area contributed by atoms with E-state index < -0.39 is 16.0 Å². The van der Waals surface area contributed by atoms with E-state index in [-0.39, 0.29) is 17.5 Å². The molecule has 0 spiro atoms. The van der Waals surface area contributed by atoms with Gasteiger partial charge in [-0.1, -0.05) is 0 Å². The maximum Gasteiger partial charge on any atom is 0.299 e. The van der Waals surface area contributed by atoms with Gasteiger partial charge < -0.3 is 5.11 Å². The largest absolute Gasteiger partial charge is 0.508 e. The van der Waals surface area contributed by atoms with Gasteiger partial charge in [0.15, 0.2) is 5.82 Å². The van der Waals surface area contributed by atoms with Crippen molar-refractivity contribution in [1.29, 1.82) is 0 Å². The first-order chi connectivity index (χ1) is 7.46. The van der Waals surface area contributed by atoms with Crippen molar-refractivity contribution >= 4 is 15.9 Å². The fourth-order valence-electron chi connectivity index (χ4n) is 1.18. The van der Waals surface area contributed by atoms with Crippen LogP contribution in [0.25, 0.3) is 0 Å². The quantitative estimate of drug-likeness (QED) is 0.692. The van der Waals surface area contributed by atoms with Crippen LogP contribution in [-0.4, -0.2) is 19.6 Å². The van der Waals surface area contributed by atoms with E-state index in [1.807, 2.05) is 0 Å². The SMILES string of the molecule is O=S(=O)(Nc1ccc(O)cc1F)NC1CC1. The Balaban J connectivity index is 2.13. The van der Waals surface area contributed by atoms with Gasteiger partial charge in [0.25, 0.3) is 10.2 Å². The molecular weight excluding hydrogens is 235 g/mol. The van der Waals surface area contributed by atoms with Crippen molar-refractivity contribution in [1.82, 2.24) is 4.72 Å². The maximum atomic E-state index is 13.2. The Hall–Kier alpha value is -1.34. The number of aromatic hydroxyl groups is 1. The van der Waals surface area contributed by atoms with Crippen LogP contribution in [0.4, 0.5) is 10.1 Å². The van der Waals surface area contributed by atoms with Gasteiger partial charge in [-0.25, -0.2) is 4.39 Å². The minimum absolute atomic E-state index is 0.0438. The first-order valence-corrected chi connectivity index (χ1v) is 6.23. The van der Waals surface area contributed by atoms with Crippen LogP contribution in [0.5, 0.6) is 5.75 Å². The smallest absolute Gasteiger partial charge is 0.299 e. The van der Waals surface area contributed by atoms with E-state index in [2.05, 4.69) is 9.44 Å². The molecule has 5 nitrogen and oxygen atoms in total. The Kier molecular flexibility index (Phi) is 2.73. The van der Waals surface area contributed by atoms with Crippen LogP contribution >= 0.6 is 0 Å². The number of hydrogen-bond donors (Lipinski definition) is 3. The number of rotatable bonds is 4. The molecule has 0 aliphatic heterocycles. The zero-order valence-electron chi connectivity index (χ0n) is 8.27. The highest BCUT2D eigenvalue weighted by Crippen LogP contribution is 2.22. The van der Waals surface area contributed by atoms with Gasteiger partial charge in [-0.2, -0.15) is 13.1 Å². The molecule has 16 heavy (non-hydrogen) atoms. The minimum atomic E-state index is -3.73. The Labute approximate surface area is 92.5 Å². The molecule has 1 aromatic carbocycles. The molecule has 1 aliphatic rings. The molecule has 1 aliphatic carbocycles. The number of hydrogen-bond acceptors (Lipinski definition) is 3. The number of nitrogens with one attached hydrogen (secondary N) is 2. The molecule has 1 saturated carbocycles. The van der Waals surface area contributed by atoms with Crippen LogP contribution in [0, 0.1) is 5.82 Å². The zero-order valence-corrected chi connectivity index (χ0v) is 9.09. The zero-order chi connectivity index (χ0) is 11.8. The van der Waals surface area contributed by atoms with Gasteiger partial charge in [0, 0.05) is 12.1 Å². The summed E-state index contributed by atoms with van der Waals surface area (Å²) in [6.45, 7) is 0. The highest BCUT2D eigenvalue weighted by Gasteiger charge is 2.27. The van der Waals surface area contributed by atoms with Crippen LogP contribution in [0.15, 0.2) is 18.2 Å². The van der Waals surface area contributed by atoms with E-state index >= 15 is 0 Å². The molecule has 88 valence electrons. The Morgan fingerprint density at radius 3 is 2.62 bits per heavy atom. The average molecular weight is 246 g/mol. The standard InChI is InChI=1S/C9H11FN2O3S/c10-8-5-7(13)3-4-9(8)12-16(14,15)11-6-1-2-6/h3-6,11-13H,1-2H2. The predicted molar refractivity (Wildman–Crippen MR) is 56.8 cm³/mol. The Morgan fingerprint density at radius 1 is 1.38 bits per heavy atom. The van der Waals surface area contributed by atoms with Gasteiger partial charge >= 0.3 is 0 Å². The summed E-state index contributed by atoms with van der Waals surface area (Å²) >= 11 is 0. The van der Waals surface area contributed by atoms with E-state index in [0.717, 1.165) is 25.0 Å². The summed E-state index contributed by atoms with van der Waals surface area (Å²) in [4.78, 5) is 0. The number of anilines is 1. The molecule has 1 fully saturated rings. The van der Waals surface area contributed by atoms with Crippen molar-refractivity contribution in [3.63, 3.8) is 0 Å². The molecule has 0 aromatic heterocycles. The molecular formula is C9H11FN2O3S. The molecule has 0 radical (unpaired) electrons. The second-order valence-corrected chi connectivity index (χ2v) is 5.11. The summed E-state index contributed by atoms with van der Waals surface area (Å²) in [5.41, 5.74) is -0.189. The van der Waals surface area contributed by atoms with E-state index in [1.54, 1.807) is 0 Å². The topological polar surface area (TPSA) is 78.4 Å². The predicted octanol–water partition coefficient (Wildman–Crippen LogP) is 0.940. The average Bonchev–Trinajstić information content (AvgIpc) is 2.93. The molecule has 1 aromatic rings. The van der Waals surface area contributed by atoms with Crippen molar-refractivity contribution in [2.24, 2.45) is 0 Å². The number of benzene rings is 1. The molecule has 7 heteroatoms. The van der Waals surface area contributed by atoms with Crippen molar-refractivity contribution in [2.45, 2.75) is 18.9 Å². The van der Waals surface area contributed by atoms with Crippen molar-refractivity contribution in [2.75, 3.05) is 4.72 Å². The van der Waals surface area contributed by atoms with Crippen LogP contribution < -0.4 is 9.44 Å². The van der Waals surface area contributed by atoms with E-state index in [4.69, 9.17) is 5.11 Å². The van der Waals surface area contributed by atoms with Crippen LogP contribution in [0.2, 0.25) is 0 Å². The van der Waals surface area contributed by atoms with E-state index in [9.17, 15) is 12.8 Å². The van der Waals surface area contributed by atoms with Gasteiger partial charge in [0.05, 0.1) is 5.69 Å². The van der Waals surface area contributed by atoms with Gasteiger partial charge in [-0.05, 0) is 25.0 Å². The molecule has 0 bridgehead atoms. The fraction of sp³-hybridized carbons (Fsp3) is 0.333. The number of phenols is 1. The number of phenolic OH excluding ortho intramolecular Hbond substituents is 1. The third kappa shape index (κ3) is 2.83. The van der Waals surface area contributed by atoms with Crippen LogP contribution in [-0.2, 0) is 10.2 Å². The molecule has 0 saturated heterocycles. The summed E-state index contributed by atoms with van der Waals surface area (Å²) in [5.74, 6) is -1.07. The van der Waals surface area contributed by atoms with Crippen LogP contribution in [0.3, 0.4) is 0 Å². The summed E-state index contributed by atoms with van der Waals surface area (Å²) in [6, 6.07) is 3.17. The molecule has 0 unspecified atom stereocenters. The summed E-state index contributed by atoms with van der Waals surface area (Å²) in [5, 5.41) is 8.96. The molecule has 0 amide bonds. The number of halogens is 1. The van der Waals surface area contributed by atoms with Crippen molar-refractivity contribution in [3.05, 3.63) is 24.0 Å². The highest BCUT2D eigenvalue weighted by molar-refractivity contribution is 7.90. The lowest BCUT2D eigenvalue weighted by Gasteiger charge is -2.09. The molecule has 0 heterocycles. The van der Waals surface area contributed by atoms with Crippen molar-refractivity contribution in [3.8, 4) is 5.75 Å². The highest BCUT2D eigenvalue weighted by atomic mass is 32.2. The first kappa shape index (κ1) is 11.2. The normalized spacial score (nSPS) is 16.1. The second kappa shape index (κ2) is 3.91. The third-order valence-corrected chi connectivity index (χ3v) is 3.23. The third-order valence-electron chi connectivity index (χ3n) is 2.10. The van der Waals surface area contributed by atoms with Gasteiger partial charge in [0.1, 0.15) is 5.75 Å². The summed E-state index contributed by atoms with van der Waals surface area (Å²) < 4.78 is 40.5. The van der Waals surface area contributed by atoms with Crippen LogP contribution in [0.1, 0.15) is 12.8 Å². The molecule has 2 rings (SSSR count).